The number of amides is 1. The monoisotopic (exact) mass is 576 g/mol. The molecule has 0 atom stereocenters. The highest BCUT2D eigenvalue weighted by atomic mass is 32.2. The van der Waals surface area contributed by atoms with Crippen molar-refractivity contribution < 1.29 is 33.0 Å². The Hall–Kier alpha value is -2.86. The first kappa shape index (κ1) is 29.1. The SMILES string of the molecule is O=C(O)CCCCCN1C(=O)/C(=C/c2cc(-c3ccc(F)c(F)c3)ccc2OCCN2CCOCC2)SC1=S. The lowest BCUT2D eigenvalue weighted by Gasteiger charge is -2.26. The molecule has 2 aliphatic heterocycles. The third kappa shape index (κ3) is 8.07. The van der Waals surface area contributed by atoms with Crippen molar-refractivity contribution in [3.05, 3.63) is 58.5 Å². The van der Waals surface area contributed by atoms with Gasteiger partial charge in [0, 0.05) is 38.2 Å². The highest BCUT2D eigenvalue weighted by Gasteiger charge is 2.31. The molecule has 0 aromatic heterocycles. The Labute approximate surface area is 235 Å². The number of ether oxygens (including phenoxy) is 2. The fourth-order valence-electron chi connectivity index (χ4n) is 4.31. The predicted molar refractivity (Wildman–Crippen MR) is 151 cm³/mol. The van der Waals surface area contributed by atoms with Gasteiger partial charge in [-0.3, -0.25) is 19.4 Å². The average Bonchev–Trinajstić information content (AvgIpc) is 3.18. The minimum Gasteiger partial charge on any atom is -0.492 e. The van der Waals surface area contributed by atoms with E-state index >= 15 is 0 Å². The number of halogens is 2. The van der Waals surface area contributed by atoms with E-state index in [1.165, 1.54) is 22.7 Å². The number of unbranched alkanes of at least 4 members (excludes halogenated alkanes) is 2. The second kappa shape index (κ2) is 14.0. The van der Waals surface area contributed by atoms with Gasteiger partial charge in [0.25, 0.3) is 5.91 Å². The molecule has 0 spiro atoms. The number of hydrogen-bond acceptors (Lipinski definition) is 7. The van der Waals surface area contributed by atoms with Crippen LogP contribution >= 0.6 is 24.0 Å². The Kier molecular flexibility index (Phi) is 10.4. The lowest BCUT2D eigenvalue weighted by atomic mass is 10.0. The lowest BCUT2D eigenvalue weighted by molar-refractivity contribution is -0.137. The maximum absolute atomic E-state index is 13.9. The first-order chi connectivity index (χ1) is 18.8. The number of aliphatic carboxylic acids is 1. The zero-order valence-electron chi connectivity index (χ0n) is 21.4. The van der Waals surface area contributed by atoms with Crippen LogP contribution in [0.1, 0.15) is 31.2 Å². The van der Waals surface area contributed by atoms with Gasteiger partial charge in [-0.25, -0.2) is 8.78 Å². The minimum atomic E-state index is -0.941. The fraction of sp³-hybridized carbons (Fsp3) is 0.393. The van der Waals surface area contributed by atoms with E-state index in [0.717, 1.165) is 31.8 Å². The zero-order chi connectivity index (χ0) is 27.8. The van der Waals surface area contributed by atoms with Crippen molar-refractivity contribution >= 4 is 46.3 Å². The fourth-order valence-corrected chi connectivity index (χ4v) is 5.61. The molecule has 0 aliphatic carbocycles. The maximum atomic E-state index is 13.9. The smallest absolute Gasteiger partial charge is 0.303 e. The Balaban J connectivity index is 1.52. The molecule has 39 heavy (non-hydrogen) atoms. The number of carboxylic acid groups (broad SMARTS) is 1. The molecule has 4 rings (SSSR count). The van der Waals surface area contributed by atoms with Crippen LogP contribution in [0.3, 0.4) is 0 Å². The molecule has 0 saturated carbocycles. The van der Waals surface area contributed by atoms with Crippen LogP contribution in [0.15, 0.2) is 41.3 Å². The topological polar surface area (TPSA) is 79.3 Å². The molecular weight excluding hydrogens is 546 g/mol. The molecule has 1 amide bonds. The summed E-state index contributed by atoms with van der Waals surface area (Å²) in [7, 11) is 0. The number of carbonyl (C=O) groups is 2. The molecule has 2 heterocycles. The average molecular weight is 577 g/mol. The normalized spacial score (nSPS) is 17.3. The quantitative estimate of drug-likeness (QED) is 0.210. The summed E-state index contributed by atoms with van der Waals surface area (Å²) >= 11 is 6.64. The molecule has 2 aliphatic rings. The van der Waals surface area contributed by atoms with Crippen LogP contribution in [-0.2, 0) is 14.3 Å². The van der Waals surface area contributed by atoms with Crippen molar-refractivity contribution in [2.24, 2.45) is 0 Å². The summed E-state index contributed by atoms with van der Waals surface area (Å²) in [6.07, 6.45) is 3.69. The van der Waals surface area contributed by atoms with Crippen molar-refractivity contribution in [3.8, 4) is 16.9 Å². The van der Waals surface area contributed by atoms with Crippen molar-refractivity contribution in [1.29, 1.82) is 0 Å². The summed E-state index contributed by atoms with van der Waals surface area (Å²) < 4.78 is 39.4. The molecule has 2 saturated heterocycles. The van der Waals surface area contributed by atoms with Gasteiger partial charge < -0.3 is 14.6 Å². The number of carbonyl (C=O) groups excluding carboxylic acids is 1. The van der Waals surface area contributed by atoms with Crippen LogP contribution in [0.25, 0.3) is 17.2 Å². The first-order valence-corrected chi connectivity index (χ1v) is 14.0. The van der Waals surface area contributed by atoms with E-state index in [0.29, 0.717) is 77.3 Å². The van der Waals surface area contributed by atoms with Crippen molar-refractivity contribution in [2.75, 3.05) is 46.0 Å². The molecule has 0 bridgehead atoms. The van der Waals surface area contributed by atoms with Gasteiger partial charge in [-0.15, -0.1) is 0 Å². The summed E-state index contributed by atoms with van der Waals surface area (Å²) in [6, 6.07) is 9.05. The van der Waals surface area contributed by atoms with Gasteiger partial charge in [0.15, 0.2) is 11.6 Å². The third-order valence-electron chi connectivity index (χ3n) is 6.46. The number of morpholine rings is 1. The van der Waals surface area contributed by atoms with E-state index in [1.54, 1.807) is 24.3 Å². The van der Waals surface area contributed by atoms with E-state index in [1.807, 2.05) is 0 Å². The van der Waals surface area contributed by atoms with Gasteiger partial charge in [-0.05, 0) is 54.3 Å². The molecule has 11 heteroatoms. The highest BCUT2D eigenvalue weighted by molar-refractivity contribution is 8.26. The van der Waals surface area contributed by atoms with Gasteiger partial charge in [-0.2, -0.15) is 0 Å². The Morgan fingerprint density at radius 1 is 1.05 bits per heavy atom. The number of rotatable bonds is 12. The number of hydrogen-bond donors (Lipinski definition) is 1. The molecule has 1 N–H and O–H groups in total. The number of benzene rings is 2. The van der Waals surface area contributed by atoms with Crippen LogP contribution in [0.4, 0.5) is 8.78 Å². The molecule has 2 aromatic rings. The molecular formula is C28H30F2N2O5S2. The van der Waals surface area contributed by atoms with Crippen molar-refractivity contribution in [1.82, 2.24) is 9.80 Å². The Morgan fingerprint density at radius 2 is 1.79 bits per heavy atom. The van der Waals surface area contributed by atoms with Gasteiger partial charge in [0.05, 0.1) is 18.1 Å². The van der Waals surface area contributed by atoms with E-state index in [2.05, 4.69) is 4.90 Å². The molecule has 7 nitrogen and oxygen atoms in total. The number of nitrogens with zero attached hydrogens (tertiary/aromatic N) is 2. The molecule has 208 valence electrons. The van der Waals surface area contributed by atoms with Crippen LogP contribution < -0.4 is 4.74 Å². The minimum absolute atomic E-state index is 0.0981. The summed E-state index contributed by atoms with van der Waals surface area (Å²) in [4.78, 5) is 28.1. The van der Waals surface area contributed by atoms with Crippen LogP contribution in [-0.4, -0.2) is 77.1 Å². The first-order valence-electron chi connectivity index (χ1n) is 12.8. The summed E-state index contributed by atoms with van der Waals surface area (Å²) in [5.74, 6) is -2.36. The number of thiocarbonyl (C=S) groups is 1. The Bertz CT molecular complexity index is 1250. The van der Waals surface area contributed by atoms with Gasteiger partial charge in [0.2, 0.25) is 0 Å². The molecule has 2 aromatic carbocycles. The van der Waals surface area contributed by atoms with Crippen LogP contribution in [0.5, 0.6) is 5.75 Å². The molecule has 2 fully saturated rings. The van der Waals surface area contributed by atoms with Gasteiger partial charge in [0.1, 0.15) is 16.7 Å². The van der Waals surface area contributed by atoms with E-state index in [4.69, 9.17) is 26.8 Å². The standard InChI is InChI=1S/C28H30F2N2O5S2/c29-22-7-5-20(17-23(22)30)19-6-8-24(37-15-12-31-10-13-36-14-11-31)21(16-19)18-25-27(35)32(28(38)39-25)9-3-1-2-4-26(33)34/h5-8,16-18H,1-4,9-15H2,(H,33,34)/b25-18-. The lowest BCUT2D eigenvalue weighted by Crippen LogP contribution is -2.38. The van der Waals surface area contributed by atoms with Crippen LogP contribution in [0.2, 0.25) is 0 Å². The maximum Gasteiger partial charge on any atom is 0.303 e. The highest BCUT2D eigenvalue weighted by Crippen LogP contribution is 2.36. The van der Waals surface area contributed by atoms with E-state index < -0.39 is 17.6 Å². The predicted octanol–water partition coefficient (Wildman–Crippen LogP) is 5.19. The second-order valence-corrected chi connectivity index (χ2v) is 10.9. The second-order valence-electron chi connectivity index (χ2n) is 9.22. The van der Waals surface area contributed by atoms with E-state index in [-0.39, 0.29) is 12.3 Å². The number of carboxylic acids is 1. The largest absolute Gasteiger partial charge is 0.492 e. The van der Waals surface area contributed by atoms with Crippen molar-refractivity contribution in [3.63, 3.8) is 0 Å². The van der Waals surface area contributed by atoms with E-state index in [9.17, 15) is 18.4 Å². The summed E-state index contributed by atoms with van der Waals surface area (Å²) in [6.45, 7) is 4.62. The van der Waals surface area contributed by atoms with Gasteiger partial charge >= 0.3 is 5.97 Å². The number of thioether (sulfide) groups is 1. The van der Waals surface area contributed by atoms with Crippen LogP contribution in [0, 0.1) is 11.6 Å². The Morgan fingerprint density at radius 3 is 2.54 bits per heavy atom. The molecule has 0 unspecified atom stereocenters. The zero-order valence-corrected chi connectivity index (χ0v) is 23.0. The summed E-state index contributed by atoms with van der Waals surface area (Å²) in [5, 5.41) is 8.80. The summed E-state index contributed by atoms with van der Waals surface area (Å²) in [5.41, 5.74) is 1.77. The van der Waals surface area contributed by atoms with Crippen molar-refractivity contribution in [2.45, 2.75) is 25.7 Å². The molecule has 0 radical (unpaired) electrons. The van der Waals surface area contributed by atoms with Gasteiger partial charge in [-0.1, -0.05) is 42.5 Å². The third-order valence-corrected chi connectivity index (χ3v) is 7.84.